The lowest BCUT2D eigenvalue weighted by Crippen LogP contribution is -2.50. The second-order valence-electron chi connectivity index (χ2n) is 9.41. The summed E-state index contributed by atoms with van der Waals surface area (Å²) in [6, 6.07) is 23.5. The molecule has 6 heteroatoms. The van der Waals surface area contributed by atoms with Crippen LogP contribution in [0.3, 0.4) is 0 Å². The summed E-state index contributed by atoms with van der Waals surface area (Å²) in [5, 5.41) is 1.09. The van der Waals surface area contributed by atoms with Crippen LogP contribution in [0, 0.1) is 0 Å². The van der Waals surface area contributed by atoms with Crippen LogP contribution in [0.4, 0.5) is 10.5 Å². The summed E-state index contributed by atoms with van der Waals surface area (Å²) < 4.78 is 5.26. The number of ether oxygens (including phenoxy) is 1. The van der Waals surface area contributed by atoms with E-state index in [1.54, 1.807) is 36.3 Å². The Morgan fingerprint density at radius 2 is 1.71 bits per heavy atom. The number of aromatic amines is 1. The predicted octanol–water partition coefficient (Wildman–Crippen LogP) is 5.57. The van der Waals surface area contributed by atoms with Gasteiger partial charge in [0.15, 0.2) is 5.54 Å². The maximum absolute atomic E-state index is 14.0. The number of para-hydroxylation sites is 1. The van der Waals surface area contributed by atoms with Crippen LogP contribution >= 0.6 is 0 Å². The molecule has 3 amide bonds. The van der Waals surface area contributed by atoms with Gasteiger partial charge in [0.05, 0.1) is 18.5 Å². The highest BCUT2D eigenvalue weighted by Crippen LogP contribution is 2.50. The standard InChI is InChI=1S/C29H27N3O3/c1-4-18-9-11-19(12-10-18)23-17-31-28(34)32(20-13-15-21(35-3)16-14-20)27(33)29(31,2)26-25(23)22-7-5-6-8-24(22)30-26/h5-16,23,30H,4,17H2,1-3H3/t23-,29-/m0/s1. The van der Waals surface area contributed by atoms with E-state index in [2.05, 4.69) is 42.2 Å². The first kappa shape index (κ1) is 21.5. The Morgan fingerprint density at radius 1 is 1.00 bits per heavy atom. The van der Waals surface area contributed by atoms with Crippen LogP contribution in [0.1, 0.15) is 42.1 Å². The number of fused-ring (bicyclic) bond motifs is 5. The number of anilines is 1. The number of rotatable bonds is 4. The Bertz CT molecular complexity index is 1460. The zero-order valence-electron chi connectivity index (χ0n) is 20.0. The molecular weight excluding hydrogens is 438 g/mol. The lowest BCUT2D eigenvalue weighted by Gasteiger charge is -2.40. The number of urea groups is 1. The number of imide groups is 1. The lowest BCUT2D eigenvalue weighted by molar-refractivity contribution is -0.125. The highest BCUT2D eigenvalue weighted by molar-refractivity contribution is 6.23. The van der Waals surface area contributed by atoms with E-state index in [1.807, 2.05) is 25.1 Å². The van der Waals surface area contributed by atoms with Crippen molar-refractivity contribution in [2.45, 2.75) is 31.7 Å². The van der Waals surface area contributed by atoms with Gasteiger partial charge in [0.2, 0.25) is 0 Å². The van der Waals surface area contributed by atoms with E-state index < -0.39 is 5.54 Å². The molecule has 3 aromatic carbocycles. The summed E-state index contributed by atoms with van der Waals surface area (Å²) in [5.41, 5.74) is 4.69. The molecule has 6 rings (SSSR count). The highest BCUT2D eigenvalue weighted by atomic mass is 16.5. The van der Waals surface area contributed by atoms with E-state index in [1.165, 1.54) is 10.5 Å². The highest BCUT2D eigenvalue weighted by Gasteiger charge is 2.60. The number of carbonyl (C=O) groups excluding carboxylic acids is 2. The molecule has 3 heterocycles. The zero-order valence-corrected chi connectivity index (χ0v) is 20.0. The summed E-state index contributed by atoms with van der Waals surface area (Å²) in [7, 11) is 1.59. The van der Waals surface area contributed by atoms with Gasteiger partial charge in [-0.1, -0.05) is 49.4 Å². The molecular formula is C29H27N3O3. The number of aromatic nitrogens is 1. The molecule has 176 valence electrons. The number of amides is 3. The Balaban J connectivity index is 1.53. The maximum atomic E-state index is 14.0. The van der Waals surface area contributed by atoms with Crippen molar-refractivity contribution in [2.24, 2.45) is 0 Å². The molecule has 2 aliphatic heterocycles. The molecule has 1 saturated heterocycles. The SMILES string of the molecule is CCc1ccc([C@@H]2CN3C(=O)N(c4ccc(OC)cc4)C(=O)[C@]3(C)c3[nH]c4ccccc4c32)cc1. The maximum Gasteiger partial charge on any atom is 0.332 e. The number of nitrogens with one attached hydrogen (secondary N) is 1. The van der Waals surface area contributed by atoms with Crippen LogP contribution in [0.5, 0.6) is 5.75 Å². The molecule has 2 aliphatic rings. The first-order valence-electron chi connectivity index (χ1n) is 12.0. The van der Waals surface area contributed by atoms with Crippen LogP contribution in [0.25, 0.3) is 10.9 Å². The van der Waals surface area contributed by atoms with Crippen molar-refractivity contribution in [3.63, 3.8) is 0 Å². The molecule has 0 spiro atoms. The fourth-order valence-corrected chi connectivity index (χ4v) is 5.63. The van der Waals surface area contributed by atoms with Crippen molar-refractivity contribution in [3.05, 3.63) is 95.2 Å². The number of methoxy groups -OCH3 is 1. The van der Waals surface area contributed by atoms with Gasteiger partial charge in [-0.2, -0.15) is 0 Å². The predicted molar refractivity (Wildman–Crippen MR) is 136 cm³/mol. The Hall–Kier alpha value is -4.06. The molecule has 0 bridgehead atoms. The average molecular weight is 466 g/mol. The second-order valence-corrected chi connectivity index (χ2v) is 9.41. The van der Waals surface area contributed by atoms with Crippen LogP contribution in [0.15, 0.2) is 72.8 Å². The first-order valence-corrected chi connectivity index (χ1v) is 12.0. The van der Waals surface area contributed by atoms with Crippen molar-refractivity contribution < 1.29 is 14.3 Å². The minimum atomic E-state index is -1.12. The molecule has 6 nitrogen and oxygen atoms in total. The number of H-pyrrole nitrogens is 1. The van der Waals surface area contributed by atoms with Crippen molar-refractivity contribution in [1.29, 1.82) is 0 Å². The fourth-order valence-electron chi connectivity index (χ4n) is 5.63. The summed E-state index contributed by atoms with van der Waals surface area (Å²) in [6.07, 6.45) is 0.970. The molecule has 0 aliphatic carbocycles. The Labute approximate surface area is 204 Å². The number of hydrogen-bond acceptors (Lipinski definition) is 3. The Morgan fingerprint density at radius 3 is 2.40 bits per heavy atom. The zero-order chi connectivity index (χ0) is 24.3. The third kappa shape index (κ3) is 2.95. The molecule has 0 radical (unpaired) electrons. The molecule has 1 fully saturated rings. The Kier molecular flexibility index (Phi) is 4.74. The quantitative estimate of drug-likeness (QED) is 0.401. The van der Waals surface area contributed by atoms with Crippen LogP contribution in [-0.2, 0) is 16.8 Å². The van der Waals surface area contributed by atoms with Gasteiger partial charge >= 0.3 is 6.03 Å². The molecule has 1 N–H and O–H groups in total. The smallest absolute Gasteiger partial charge is 0.332 e. The van der Waals surface area contributed by atoms with Crippen molar-refractivity contribution in [1.82, 2.24) is 9.88 Å². The van der Waals surface area contributed by atoms with Crippen molar-refractivity contribution in [3.8, 4) is 5.75 Å². The van der Waals surface area contributed by atoms with E-state index in [0.29, 0.717) is 18.0 Å². The molecule has 2 atom stereocenters. The van der Waals surface area contributed by atoms with Crippen LogP contribution in [-0.4, -0.2) is 35.5 Å². The minimum Gasteiger partial charge on any atom is -0.497 e. The van der Waals surface area contributed by atoms with Gasteiger partial charge in [-0.05, 0) is 60.4 Å². The van der Waals surface area contributed by atoms with Gasteiger partial charge in [0.1, 0.15) is 5.75 Å². The van der Waals surface area contributed by atoms with Gasteiger partial charge in [-0.3, -0.25) is 4.79 Å². The average Bonchev–Trinajstić information content (AvgIpc) is 3.38. The second kappa shape index (κ2) is 7.73. The van der Waals surface area contributed by atoms with Crippen molar-refractivity contribution >= 4 is 28.5 Å². The summed E-state index contributed by atoms with van der Waals surface area (Å²) in [5.74, 6) is 0.373. The van der Waals surface area contributed by atoms with Gasteiger partial charge in [0.25, 0.3) is 5.91 Å². The third-order valence-corrected chi connectivity index (χ3v) is 7.65. The topological polar surface area (TPSA) is 65.6 Å². The normalized spacial score (nSPS) is 21.4. The largest absolute Gasteiger partial charge is 0.497 e. The minimum absolute atomic E-state index is 0.0484. The lowest BCUT2D eigenvalue weighted by atomic mass is 9.78. The van der Waals surface area contributed by atoms with E-state index >= 15 is 0 Å². The van der Waals surface area contributed by atoms with Crippen molar-refractivity contribution in [2.75, 3.05) is 18.6 Å². The number of nitrogens with zero attached hydrogens (tertiary/aromatic N) is 2. The summed E-state index contributed by atoms with van der Waals surface area (Å²) in [6.45, 7) is 4.43. The monoisotopic (exact) mass is 465 g/mol. The first-order chi connectivity index (χ1) is 17.0. The van der Waals surface area contributed by atoms with E-state index in [-0.39, 0.29) is 17.9 Å². The summed E-state index contributed by atoms with van der Waals surface area (Å²) in [4.78, 5) is 34.4. The van der Waals surface area contributed by atoms with E-state index in [0.717, 1.165) is 34.1 Å². The fraction of sp³-hybridized carbons (Fsp3) is 0.241. The number of benzene rings is 3. The van der Waals surface area contributed by atoms with Gasteiger partial charge < -0.3 is 14.6 Å². The van der Waals surface area contributed by atoms with Gasteiger partial charge in [-0.25, -0.2) is 9.69 Å². The van der Waals surface area contributed by atoms with Crippen LogP contribution in [0.2, 0.25) is 0 Å². The number of aryl methyl sites for hydroxylation is 1. The van der Waals surface area contributed by atoms with E-state index in [4.69, 9.17) is 4.74 Å². The molecule has 0 unspecified atom stereocenters. The molecule has 1 aromatic heterocycles. The van der Waals surface area contributed by atoms with E-state index in [9.17, 15) is 9.59 Å². The molecule has 4 aromatic rings. The number of carbonyl (C=O) groups is 2. The summed E-state index contributed by atoms with van der Waals surface area (Å²) >= 11 is 0. The molecule has 35 heavy (non-hydrogen) atoms. The van der Waals surface area contributed by atoms with Gasteiger partial charge in [0, 0.05) is 23.4 Å². The third-order valence-electron chi connectivity index (χ3n) is 7.65. The molecule has 0 saturated carbocycles. The van der Waals surface area contributed by atoms with Gasteiger partial charge in [-0.15, -0.1) is 0 Å². The number of hydrogen-bond donors (Lipinski definition) is 1. The van der Waals surface area contributed by atoms with Crippen LogP contribution < -0.4 is 9.64 Å².